The molecule has 8 nitrogen and oxygen atoms in total. The summed E-state index contributed by atoms with van der Waals surface area (Å²) in [5.74, 6) is 0.693. The molecular formula is C28H22O8. The molecule has 1 aliphatic rings. The van der Waals surface area contributed by atoms with Gasteiger partial charge in [0.25, 0.3) is 0 Å². The highest BCUT2D eigenvalue weighted by atomic mass is 16.6. The van der Waals surface area contributed by atoms with Gasteiger partial charge in [0, 0.05) is 23.1 Å². The van der Waals surface area contributed by atoms with Crippen molar-refractivity contribution in [2.75, 3.05) is 19.8 Å². The van der Waals surface area contributed by atoms with Gasteiger partial charge in [-0.25, -0.2) is 9.59 Å². The van der Waals surface area contributed by atoms with Gasteiger partial charge in [-0.3, -0.25) is 4.79 Å². The summed E-state index contributed by atoms with van der Waals surface area (Å²) in [6, 6.07) is 18.3. The maximum atomic E-state index is 12.4. The lowest BCUT2D eigenvalue weighted by molar-refractivity contribution is 0.0474. The minimum absolute atomic E-state index is 0.249. The highest BCUT2D eigenvalue weighted by molar-refractivity contribution is 5.99. The van der Waals surface area contributed by atoms with Crippen LogP contribution < -0.4 is 19.8 Å². The Morgan fingerprint density at radius 1 is 0.861 bits per heavy atom. The van der Waals surface area contributed by atoms with Crippen molar-refractivity contribution >= 4 is 22.7 Å². The number of aryl methyl sites for hydroxylation is 1. The number of carbonyl (C=O) groups is 2. The molecule has 0 fully saturated rings. The number of carbonyl (C=O) groups excluding carboxylic acids is 2. The molecule has 1 aliphatic heterocycles. The van der Waals surface area contributed by atoms with Crippen LogP contribution >= 0.6 is 0 Å². The minimum Gasteiger partial charge on any atom is -0.489 e. The Labute approximate surface area is 206 Å². The maximum Gasteiger partial charge on any atom is 0.338 e. The zero-order valence-corrected chi connectivity index (χ0v) is 19.4. The van der Waals surface area contributed by atoms with Crippen LogP contribution in [0.3, 0.4) is 0 Å². The molecule has 0 spiro atoms. The summed E-state index contributed by atoms with van der Waals surface area (Å²) in [6.45, 7) is 2.59. The predicted octanol–water partition coefficient (Wildman–Crippen LogP) is 4.49. The molecule has 0 N–H and O–H groups in total. The fourth-order valence-electron chi connectivity index (χ4n) is 3.81. The molecule has 1 aromatic heterocycles. The predicted molar refractivity (Wildman–Crippen MR) is 130 cm³/mol. The summed E-state index contributed by atoms with van der Waals surface area (Å²) in [6.07, 6.45) is 0. The Hall–Kier alpha value is -4.59. The molecule has 5 rings (SSSR count). The Kier molecular flexibility index (Phi) is 6.40. The van der Waals surface area contributed by atoms with Crippen molar-refractivity contribution in [2.45, 2.75) is 13.5 Å². The van der Waals surface area contributed by atoms with Crippen LogP contribution in [0, 0.1) is 6.92 Å². The largest absolute Gasteiger partial charge is 0.489 e. The molecule has 0 aliphatic carbocycles. The number of esters is 1. The van der Waals surface area contributed by atoms with Gasteiger partial charge < -0.3 is 23.4 Å². The van der Waals surface area contributed by atoms with E-state index in [1.807, 2.05) is 13.0 Å². The highest BCUT2D eigenvalue weighted by Crippen LogP contribution is 2.31. The second kappa shape index (κ2) is 9.95. The van der Waals surface area contributed by atoms with Crippen LogP contribution in [-0.4, -0.2) is 31.6 Å². The third-order valence-electron chi connectivity index (χ3n) is 5.72. The molecule has 0 unspecified atom stereocenters. The average molecular weight is 486 g/mol. The van der Waals surface area contributed by atoms with Gasteiger partial charge >= 0.3 is 11.6 Å². The zero-order valence-electron chi connectivity index (χ0n) is 19.4. The Morgan fingerprint density at radius 3 is 2.42 bits per heavy atom. The molecular weight excluding hydrogens is 464 g/mol. The SMILES string of the molecule is Cc1cc(=O)oc2cc(OCc3ccc(C(=O)OCC(=O)c4ccc5c(c4)OCCO5)cc3)ccc12. The summed E-state index contributed by atoms with van der Waals surface area (Å²) in [5, 5.41) is 0.845. The van der Waals surface area contributed by atoms with E-state index < -0.39 is 11.6 Å². The normalized spacial score (nSPS) is 12.2. The Bertz CT molecular complexity index is 1500. The molecule has 36 heavy (non-hydrogen) atoms. The topological polar surface area (TPSA) is 101 Å². The van der Waals surface area contributed by atoms with Crippen molar-refractivity contribution < 1.29 is 33.0 Å². The quantitative estimate of drug-likeness (QED) is 0.214. The van der Waals surface area contributed by atoms with Crippen molar-refractivity contribution in [3.8, 4) is 17.2 Å². The Morgan fingerprint density at radius 2 is 1.61 bits per heavy atom. The molecule has 8 heteroatoms. The number of ether oxygens (including phenoxy) is 4. The summed E-state index contributed by atoms with van der Waals surface area (Å²) >= 11 is 0. The van der Waals surface area contributed by atoms with E-state index in [1.54, 1.807) is 54.6 Å². The second-order valence-corrected chi connectivity index (χ2v) is 8.25. The number of ketones is 1. The van der Waals surface area contributed by atoms with E-state index in [9.17, 15) is 14.4 Å². The first-order valence-electron chi connectivity index (χ1n) is 11.3. The van der Waals surface area contributed by atoms with E-state index in [4.69, 9.17) is 23.4 Å². The monoisotopic (exact) mass is 486 g/mol. The molecule has 0 saturated heterocycles. The highest BCUT2D eigenvalue weighted by Gasteiger charge is 2.17. The number of benzene rings is 3. The number of rotatable bonds is 7. The van der Waals surface area contributed by atoms with Crippen LogP contribution in [0.1, 0.15) is 31.8 Å². The molecule has 3 aromatic carbocycles. The van der Waals surface area contributed by atoms with Gasteiger partial charge in [-0.2, -0.15) is 0 Å². The van der Waals surface area contributed by atoms with Crippen molar-refractivity contribution in [3.05, 3.63) is 99.4 Å². The first-order valence-corrected chi connectivity index (χ1v) is 11.3. The van der Waals surface area contributed by atoms with Crippen LogP contribution in [0.15, 0.2) is 75.9 Å². The smallest absolute Gasteiger partial charge is 0.338 e. The Balaban J connectivity index is 1.16. The molecule has 0 radical (unpaired) electrons. The lowest BCUT2D eigenvalue weighted by Crippen LogP contribution is -2.17. The van der Waals surface area contributed by atoms with E-state index >= 15 is 0 Å². The molecule has 4 aromatic rings. The number of hydrogen-bond donors (Lipinski definition) is 0. The summed E-state index contributed by atoms with van der Waals surface area (Å²) < 4.78 is 27.2. The van der Waals surface area contributed by atoms with E-state index in [-0.39, 0.29) is 19.0 Å². The van der Waals surface area contributed by atoms with Gasteiger partial charge in [-0.05, 0) is 60.5 Å². The van der Waals surface area contributed by atoms with E-state index in [2.05, 4.69) is 0 Å². The maximum absolute atomic E-state index is 12.4. The van der Waals surface area contributed by atoms with E-state index in [1.165, 1.54) is 6.07 Å². The van der Waals surface area contributed by atoms with Gasteiger partial charge in [0.2, 0.25) is 0 Å². The minimum atomic E-state index is -0.603. The van der Waals surface area contributed by atoms with Crippen LogP contribution in [0.4, 0.5) is 0 Å². The lowest BCUT2D eigenvalue weighted by Gasteiger charge is -2.18. The van der Waals surface area contributed by atoms with Crippen LogP contribution in [0.25, 0.3) is 11.0 Å². The number of fused-ring (bicyclic) bond motifs is 2. The van der Waals surface area contributed by atoms with Crippen LogP contribution in [-0.2, 0) is 11.3 Å². The first-order chi connectivity index (χ1) is 17.5. The van der Waals surface area contributed by atoms with Crippen molar-refractivity contribution in [3.63, 3.8) is 0 Å². The average Bonchev–Trinajstić information content (AvgIpc) is 2.90. The van der Waals surface area contributed by atoms with Crippen molar-refractivity contribution in [1.29, 1.82) is 0 Å². The standard InChI is InChI=1S/C28H22O8/c1-17-12-27(30)36-25-14-21(7-8-22(17)25)34-15-18-2-4-19(5-3-18)28(31)35-16-23(29)20-6-9-24-26(13-20)33-11-10-32-24/h2-9,12-14H,10-11,15-16H2,1H3. The zero-order chi connectivity index (χ0) is 25.1. The fourth-order valence-corrected chi connectivity index (χ4v) is 3.81. The summed E-state index contributed by atoms with van der Waals surface area (Å²) in [5.41, 5.74) is 2.40. The van der Waals surface area contributed by atoms with Gasteiger partial charge in [0.1, 0.15) is 31.2 Å². The summed E-state index contributed by atoms with van der Waals surface area (Å²) in [7, 11) is 0. The third kappa shape index (κ3) is 5.07. The molecule has 182 valence electrons. The second-order valence-electron chi connectivity index (χ2n) is 8.25. The summed E-state index contributed by atoms with van der Waals surface area (Å²) in [4.78, 5) is 36.5. The fraction of sp³-hybridized carbons (Fsp3) is 0.179. The molecule has 0 bridgehead atoms. The van der Waals surface area contributed by atoms with Gasteiger partial charge in [-0.1, -0.05) is 12.1 Å². The molecule has 0 amide bonds. The first kappa shape index (κ1) is 23.2. The van der Waals surface area contributed by atoms with Gasteiger partial charge in [-0.15, -0.1) is 0 Å². The van der Waals surface area contributed by atoms with E-state index in [0.29, 0.717) is 47.2 Å². The van der Waals surface area contributed by atoms with Crippen molar-refractivity contribution in [1.82, 2.24) is 0 Å². The van der Waals surface area contributed by atoms with Gasteiger partial charge in [0.15, 0.2) is 23.9 Å². The number of hydrogen-bond acceptors (Lipinski definition) is 8. The molecule has 0 saturated carbocycles. The van der Waals surface area contributed by atoms with Crippen molar-refractivity contribution in [2.24, 2.45) is 0 Å². The lowest BCUT2D eigenvalue weighted by atomic mass is 10.1. The molecule has 0 atom stereocenters. The van der Waals surface area contributed by atoms with Crippen LogP contribution in [0.5, 0.6) is 17.2 Å². The van der Waals surface area contributed by atoms with Crippen LogP contribution in [0.2, 0.25) is 0 Å². The molecule has 2 heterocycles. The van der Waals surface area contributed by atoms with Gasteiger partial charge in [0.05, 0.1) is 5.56 Å². The third-order valence-corrected chi connectivity index (χ3v) is 5.72. The van der Waals surface area contributed by atoms with E-state index in [0.717, 1.165) is 16.5 Å². The number of Topliss-reactive ketones (excluding diaryl/α,β-unsaturated/α-hetero) is 1.